The van der Waals surface area contributed by atoms with Gasteiger partial charge in [0, 0.05) is 0 Å². The minimum atomic E-state index is -3.88. The lowest BCUT2D eigenvalue weighted by Crippen LogP contribution is -2.21. The lowest BCUT2D eigenvalue weighted by Gasteiger charge is -2.20. The quantitative estimate of drug-likeness (QED) is 0.409. The van der Waals surface area contributed by atoms with Crippen molar-refractivity contribution in [1.82, 2.24) is 0 Å². The van der Waals surface area contributed by atoms with E-state index in [-0.39, 0.29) is 18.0 Å². The fourth-order valence-corrected chi connectivity index (χ4v) is 2.84. The molecule has 0 aliphatic rings. The molecule has 0 heterocycles. The summed E-state index contributed by atoms with van der Waals surface area (Å²) >= 11 is 0. The molecule has 0 fully saturated rings. The van der Waals surface area contributed by atoms with Crippen molar-refractivity contribution < 1.29 is 17.7 Å². The zero-order valence-electron chi connectivity index (χ0n) is 13.3. The van der Waals surface area contributed by atoms with Crippen LogP contribution in [0.3, 0.4) is 0 Å². The van der Waals surface area contributed by atoms with Crippen molar-refractivity contribution in [3.63, 3.8) is 0 Å². The van der Waals surface area contributed by atoms with Gasteiger partial charge >= 0.3 is 0 Å². The molecule has 0 aliphatic heterocycles. The van der Waals surface area contributed by atoms with Crippen LogP contribution in [-0.4, -0.2) is 30.9 Å². The van der Waals surface area contributed by atoms with Crippen molar-refractivity contribution in [2.24, 2.45) is 0 Å². The number of ether oxygens (including phenoxy) is 1. The summed E-state index contributed by atoms with van der Waals surface area (Å²) < 4.78 is 36.1. The number of hydrogen-bond acceptors (Lipinski definition) is 3. The van der Waals surface area contributed by atoms with Crippen LogP contribution < -0.4 is 0 Å². The molecule has 0 amide bonds. The first-order valence-electron chi connectivity index (χ1n) is 7.95. The van der Waals surface area contributed by atoms with Crippen molar-refractivity contribution in [2.75, 3.05) is 5.75 Å². The fourth-order valence-electron chi connectivity index (χ4n) is 2.27. The summed E-state index contributed by atoms with van der Waals surface area (Å²) in [5.74, 6) is -0.207. The van der Waals surface area contributed by atoms with Gasteiger partial charge in [-0.15, -0.1) is 0 Å². The van der Waals surface area contributed by atoms with Gasteiger partial charge in [0.2, 0.25) is 0 Å². The molecule has 0 saturated heterocycles. The standard InChI is InChI=1S/C15H32O4S/c1-4-5-6-7-8-9-10-11-15(19-14(2)3)12-13-20(16,17)18/h14-15H,4-13H2,1-3H3,(H,16,17,18). The van der Waals surface area contributed by atoms with E-state index in [1.807, 2.05) is 13.8 Å². The Labute approximate surface area is 125 Å². The second-order valence-electron chi connectivity index (χ2n) is 5.79. The predicted molar refractivity (Wildman–Crippen MR) is 83.7 cm³/mol. The molecule has 1 unspecified atom stereocenters. The van der Waals surface area contributed by atoms with E-state index in [0.29, 0.717) is 6.42 Å². The minimum Gasteiger partial charge on any atom is -0.376 e. The summed E-state index contributed by atoms with van der Waals surface area (Å²) in [6.07, 6.45) is 9.94. The van der Waals surface area contributed by atoms with Crippen LogP contribution in [-0.2, 0) is 14.9 Å². The largest absolute Gasteiger partial charge is 0.376 e. The average Bonchev–Trinajstić information content (AvgIpc) is 2.33. The molecular weight excluding hydrogens is 276 g/mol. The van der Waals surface area contributed by atoms with Crippen molar-refractivity contribution >= 4 is 10.1 Å². The van der Waals surface area contributed by atoms with Gasteiger partial charge in [0.15, 0.2) is 0 Å². The number of hydrogen-bond donors (Lipinski definition) is 1. The van der Waals surface area contributed by atoms with Gasteiger partial charge in [-0.3, -0.25) is 4.55 Å². The Balaban J connectivity index is 3.81. The fraction of sp³-hybridized carbons (Fsp3) is 1.00. The Morgan fingerprint density at radius 1 is 0.950 bits per heavy atom. The van der Waals surface area contributed by atoms with Gasteiger partial charge in [-0.2, -0.15) is 8.42 Å². The lowest BCUT2D eigenvalue weighted by atomic mass is 10.1. The minimum absolute atomic E-state index is 0.0624. The Bertz CT molecular complexity index is 312. The first kappa shape index (κ1) is 19.9. The van der Waals surface area contributed by atoms with Crippen LogP contribution in [0.2, 0.25) is 0 Å². The van der Waals surface area contributed by atoms with Gasteiger partial charge in [0.25, 0.3) is 10.1 Å². The molecule has 5 heteroatoms. The van der Waals surface area contributed by atoms with Crippen LogP contribution in [0.25, 0.3) is 0 Å². The van der Waals surface area contributed by atoms with E-state index in [4.69, 9.17) is 9.29 Å². The van der Waals surface area contributed by atoms with Gasteiger partial charge < -0.3 is 4.74 Å². The Morgan fingerprint density at radius 3 is 2.00 bits per heavy atom. The molecule has 0 radical (unpaired) electrons. The van der Waals surface area contributed by atoms with Crippen LogP contribution in [0.5, 0.6) is 0 Å². The smallest absolute Gasteiger partial charge is 0.264 e. The summed E-state index contributed by atoms with van der Waals surface area (Å²) in [6.45, 7) is 6.11. The topological polar surface area (TPSA) is 63.6 Å². The van der Waals surface area contributed by atoms with E-state index in [1.54, 1.807) is 0 Å². The highest BCUT2D eigenvalue weighted by Gasteiger charge is 2.15. The molecular formula is C15H32O4S. The van der Waals surface area contributed by atoms with Crippen LogP contribution in [0, 0.1) is 0 Å². The molecule has 0 spiro atoms. The SMILES string of the molecule is CCCCCCCCCC(CCS(=O)(=O)O)OC(C)C. The molecule has 0 aromatic rings. The Kier molecular flexibility index (Phi) is 11.4. The highest BCUT2D eigenvalue weighted by molar-refractivity contribution is 7.85. The molecule has 0 saturated carbocycles. The van der Waals surface area contributed by atoms with Gasteiger partial charge in [-0.1, -0.05) is 51.9 Å². The summed E-state index contributed by atoms with van der Waals surface area (Å²) in [6, 6.07) is 0. The normalized spacial score (nSPS) is 13.8. The summed E-state index contributed by atoms with van der Waals surface area (Å²) in [5, 5.41) is 0. The monoisotopic (exact) mass is 308 g/mol. The molecule has 0 bridgehead atoms. The third-order valence-electron chi connectivity index (χ3n) is 3.29. The van der Waals surface area contributed by atoms with Gasteiger partial charge in [-0.05, 0) is 26.7 Å². The van der Waals surface area contributed by atoms with E-state index in [0.717, 1.165) is 12.8 Å². The van der Waals surface area contributed by atoms with Crippen LogP contribution in [0.4, 0.5) is 0 Å². The van der Waals surface area contributed by atoms with Crippen molar-refractivity contribution in [1.29, 1.82) is 0 Å². The zero-order chi connectivity index (χ0) is 15.4. The second-order valence-corrected chi connectivity index (χ2v) is 7.36. The highest BCUT2D eigenvalue weighted by Crippen LogP contribution is 2.15. The van der Waals surface area contributed by atoms with Crippen LogP contribution in [0.1, 0.15) is 78.6 Å². The van der Waals surface area contributed by atoms with Crippen molar-refractivity contribution in [3.05, 3.63) is 0 Å². The summed E-state index contributed by atoms with van der Waals surface area (Å²) in [4.78, 5) is 0. The molecule has 0 aromatic carbocycles. The van der Waals surface area contributed by atoms with E-state index in [2.05, 4.69) is 6.92 Å². The third-order valence-corrected chi connectivity index (χ3v) is 4.04. The predicted octanol–water partition coefficient (Wildman–Crippen LogP) is 4.20. The van der Waals surface area contributed by atoms with E-state index in [9.17, 15) is 8.42 Å². The summed E-state index contributed by atoms with van der Waals surface area (Å²) in [7, 11) is -3.88. The van der Waals surface area contributed by atoms with Gasteiger partial charge in [0.1, 0.15) is 0 Å². The maximum Gasteiger partial charge on any atom is 0.264 e. The molecule has 1 atom stereocenters. The molecule has 1 N–H and O–H groups in total. The van der Waals surface area contributed by atoms with E-state index in [1.165, 1.54) is 38.5 Å². The van der Waals surface area contributed by atoms with Gasteiger partial charge in [-0.25, -0.2) is 0 Å². The molecule has 0 aromatic heterocycles. The van der Waals surface area contributed by atoms with Crippen molar-refractivity contribution in [3.8, 4) is 0 Å². The first-order valence-corrected chi connectivity index (χ1v) is 9.56. The summed E-state index contributed by atoms with van der Waals surface area (Å²) in [5.41, 5.74) is 0. The van der Waals surface area contributed by atoms with E-state index < -0.39 is 10.1 Å². The zero-order valence-corrected chi connectivity index (χ0v) is 14.1. The molecule has 122 valence electrons. The average molecular weight is 308 g/mol. The Morgan fingerprint density at radius 2 is 1.50 bits per heavy atom. The highest BCUT2D eigenvalue weighted by atomic mass is 32.2. The maximum absolute atomic E-state index is 10.8. The first-order chi connectivity index (χ1) is 9.35. The maximum atomic E-state index is 10.8. The van der Waals surface area contributed by atoms with Gasteiger partial charge in [0.05, 0.1) is 18.0 Å². The van der Waals surface area contributed by atoms with Crippen LogP contribution in [0.15, 0.2) is 0 Å². The second kappa shape index (κ2) is 11.5. The van der Waals surface area contributed by atoms with Crippen LogP contribution >= 0.6 is 0 Å². The lowest BCUT2D eigenvalue weighted by molar-refractivity contribution is 0.000293. The molecule has 20 heavy (non-hydrogen) atoms. The Hall–Kier alpha value is -0.130. The number of unbranched alkanes of at least 4 members (excludes halogenated alkanes) is 6. The van der Waals surface area contributed by atoms with Crippen molar-refractivity contribution in [2.45, 2.75) is 90.8 Å². The number of rotatable bonds is 13. The van der Waals surface area contributed by atoms with E-state index >= 15 is 0 Å². The molecule has 4 nitrogen and oxygen atoms in total. The molecule has 0 rings (SSSR count). The molecule has 0 aliphatic carbocycles. The third kappa shape index (κ3) is 14.3.